The number of amides is 2. The van der Waals surface area contributed by atoms with Crippen LogP contribution in [-0.2, 0) is 17.8 Å². The molecule has 0 fully saturated rings. The van der Waals surface area contributed by atoms with Crippen LogP contribution in [0.2, 0.25) is 0 Å². The van der Waals surface area contributed by atoms with E-state index in [0.717, 1.165) is 11.1 Å². The van der Waals surface area contributed by atoms with E-state index in [1.54, 1.807) is 36.7 Å². The Balaban J connectivity index is 1.70. The molecule has 2 N–H and O–H groups in total. The zero-order chi connectivity index (χ0) is 18.9. The Morgan fingerprint density at radius 1 is 0.852 bits per heavy atom. The van der Waals surface area contributed by atoms with Crippen LogP contribution >= 0.6 is 0 Å². The molecule has 0 spiro atoms. The summed E-state index contributed by atoms with van der Waals surface area (Å²) in [7, 11) is 0. The first-order valence-corrected chi connectivity index (χ1v) is 8.79. The average Bonchev–Trinajstić information content (AvgIpc) is 2.73. The molecule has 0 aliphatic heterocycles. The van der Waals surface area contributed by atoms with Crippen LogP contribution in [0.15, 0.2) is 85.2 Å². The molecule has 27 heavy (non-hydrogen) atoms. The highest BCUT2D eigenvalue weighted by Gasteiger charge is 2.21. The molecule has 3 aromatic rings. The van der Waals surface area contributed by atoms with Crippen molar-refractivity contribution in [3.63, 3.8) is 0 Å². The van der Waals surface area contributed by atoms with Crippen molar-refractivity contribution in [3.8, 4) is 0 Å². The van der Waals surface area contributed by atoms with E-state index in [1.807, 2.05) is 48.5 Å². The van der Waals surface area contributed by atoms with Crippen LogP contribution < -0.4 is 10.6 Å². The molecule has 1 atom stereocenters. The van der Waals surface area contributed by atoms with E-state index < -0.39 is 6.04 Å². The van der Waals surface area contributed by atoms with E-state index in [2.05, 4.69) is 15.6 Å². The smallest absolute Gasteiger partial charge is 0.251 e. The largest absolute Gasteiger partial charge is 0.350 e. The molecule has 3 rings (SSSR count). The first kappa shape index (κ1) is 18.3. The quantitative estimate of drug-likeness (QED) is 0.681. The Hall–Kier alpha value is -3.47. The minimum Gasteiger partial charge on any atom is -0.350 e. The third-order valence-electron chi connectivity index (χ3n) is 4.13. The van der Waals surface area contributed by atoms with Gasteiger partial charge in [0, 0.05) is 30.9 Å². The lowest BCUT2D eigenvalue weighted by atomic mass is 10.0. The lowest BCUT2D eigenvalue weighted by molar-refractivity contribution is -0.123. The Morgan fingerprint density at radius 2 is 1.52 bits per heavy atom. The fourth-order valence-electron chi connectivity index (χ4n) is 2.71. The topological polar surface area (TPSA) is 71.1 Å². The van der Waals surface area contributed by atoms with Gasteiger partial charge < -0.3 is 10.6 Å². The lowest BCUT2D eigenvalue weighted by Crippen LogP contribution is -2.47. The standard InChI is InChI=1S/C22H21N3O2/c26-21(19-11-5-2-6-12-19)25-20(14-17-8-3-1-4-9-17)22(27)24-16-18-10-7-13-23-15-18/h1-13,15,20H,14,16H2,(H,24,27)(H,25,26)/t20-/m0/s1. The van der Waals surface area contributed by atoms with E-state index in [-0.39, 0.29) is 11.8 Å². The van der Waals surface area contributed by atoms with Crippen molar-refractivity contribution in [2.24, 2.45) is 0 Å². The van der Waals surface area contributed by atoms with Gasteiger partial charge in [0.2, 0.25) is 5.91 Å². The molecule has 0 radical (unpaired) electrons. The van der Waals surface area contributed by atoms with E-state index in [0.29, 0.717) is 18.5 Å². The van der Waals surface area contributed by atoms with Gasteiger partial charge in [0.15, 0.2) is 0 Å². The SMILES string of the molecule is O=C(N[C@@H](Cc1ccccc1)C(=O)NCc1cccnc1)c1ccccc1. The van der Waals surface area contributed by atoms with Gasteiger partial charge in [-0.2, -0.15) is 0 Å². The van der Waals surface area contributed by atoms with Crippen LogP contribution in [0.25, 0.3) is 0 Å². The van der Waals surface area contributed by atoms with Crippen molar-refractivity contribution in [1.82, 2.24) is 15.6 Å². The van der Waals surface area contributed by atoms with Gasteiger partial charge in [-0.3, -0.25) is 14.6 Å². The molecular formula is C22H21N3O2. The highest BCUT2D eigenvalue weighted by atomic mass is 16.2. The molecule has 1 aromatic heterocycles. The summed E-state index contributed by atoms with van der Waals surface area (Å²) in [5.74, 6) is -0.500. The maximum atomic E-state index is 12.7. The Labute approximate surface area is 158 Å². The van der Waals surface area contributed by atoms with Crippen molar-refractivity contribution < 1.29 is 9.59 Å². The van der Waals surface area contributed by atoms with Crippen molar-refractivity contribution in [2.75, 3.05) is 0 Å². The first-order valence-electron chi connectivity index (χ1n) is 8.79. The molecule has 136 valence electrons. The minimum absolute atomic E-state index is 0.230. The number of rotatable bonds is 7. The molecule has 5 nitrogen and oxygen atoms in total. The zero-order valence-corrected chi connectivity index (χ0v) is 14.8. The predicted octanol–water partition coefficient (Wildman–Crippen LogP) is 2.74. The van der Waals surface area contributed by atoms with Crippen LogP contribution in [0, 0.1) is 0 Å². The normalized spacial score (nSPS) is 11.4. The molecule has 5 heteroatoms. The second-order valence-electron chi connectivity index (χ2n) is 6.16. The Morgan fingerprint density at radius 3 is 2.19 bits per heavy atom. The summed E-state index contributed by atoms with van der Waals surface area (Å²) in [4.78, 5) is 29.3. The summed E-state index contributed by atoms with van der Waals surface area (Å²) >= 11 is 0. The number of benzene rings is 2. The van der Waals surface area contributed by atoms with Crippen LogP contribution in [0.5, 0.6) is 0 Å². The van der Waals surface area contributed by atoms with Crippen LogP contribution in [0.4, 0.5) is 0 Å². The molecule has 2 amide bonds. The fourth-order valence-corrected chi connectivity index (χ4v) is 2.71. The van der Waals surface area contributed by atoms with Crippen LogP contribution in [-0.4, -0.2) is 22.8 Å². The Kier molecular flexibility index (Phi) is 6.30. The fraction of sp³-hybridized carbons (Fsp3) is 0.136. The van der Waals surface area contributed by atoms with E-state index in [4.69, 9.17) is 0 Å². The van der Waals surface area contributed by atoms with E-state index in [1.165, 1.54) is 0 Å². The monoisotopic (exact) mass is 359 g/mol. The summed E-state index contributed by atoms with van der Waals surface area (Å²) in [5.41, 5.74) is 2.40. The molecule has 0 bridgehead atoms. The Bertz CT molecular complexity index is 868. The number of nitrogens with zero attached hydrogens (tertiary/aromatic N) is 1. The van der Waals surface area contributed by atoms with E-state index in [9.17, 15) is 9.59 Å². The van der Waals surface area contributed by atoms with Gasteiger partial charge >= 0.3 is 0 Å². The van der Waals surface area contributed by atoms with Gasteiger partial charge in [0.25, 0.3) is 5.91 Å². The number of hydrogen-bond acceptors (Lipinski definition) is 3. The van der Waals surface area contributed by atoms with Crippen molar-refractivity contribution >= 4 is 11.8 Å². The highest BCUT2D eigenvalue weighted by Crippen LogP contribution is 2.06. The van der Waals surface area contributed by atoms with Crippen molar-refractivity contribution in [2.45, 2.75) is 19.0 Å². The number of carbonyl (C=O) groups is 2. The molecular weight excluding hydrogens is 338 g/mol. The van der Waals surface area contributed by atoms with Crippen molar-refractivity contribution in [1.29, 1.82) is 0 Å². The zero-order valence-electron chi connectivity index (χ0n) is 14.8. The molecule has 2 aromatic carbocycles. The maximum absolute atomic E-state index is 12.7. The predicted molar refractivity (Wildman–Crippen MR) is 104 cm³/mol. The molecule has 1 heterocycles. The second kappa shape index (κ2) is 9.29. The van der Waals surface area contributed by atoms with Gasteiger partial charge in [0.1, 0.15) is 6.04 Å². The summed E-state index contributed by atoms with van der Waals surface area (Å²) in [6.45, 7) is 0.360. The summed E-state index contributed by atoms with van der Waals surface area (Å²) in [6, 6.07) is 21.6. The number of pyridine rings is 1. The summed E-state index contributed by atoms with van der Waals surface area (Å²) in [6.07, 6.45) is 3.80. The second-order valence-corrected chi connectivity index (χ2v) is 6.16. The minimum atomic E-state index is -0.670. The van der Waals surface area contributed by atoms with Gasteiger partial charge in [-0.05, 0) is 29.3 Å². The molecule has 0 aliphatic carbocycles. The van der Waals surface area contributed by atoms with Crippen LogP contribution in [0.3, 0.4) is 0 Å². The number of carbonyl (C=O) groups excluding carboxylic acids is 2. The molecule has 0 saturated carbocycles. The van der Waals surface area contributed by atoms with Gasteiger partial charge in [-0.1, -0.05) is 54.6 Å². The van der Waals surface area contributed by atoms with E-state index >= 15 is 0 Å². The van der Waals surface area contributed by atoms with Crippen molar-refractivity contribution in [3.05, 3.63) is 102 Å². The summed E-state index contributed by atoms with van der Waals surface area (Å²) < 4.78 is 0. The number of hydrogen-bond donors (Lipinski definition) is 2. The van der Waals surface area contributed by atoms with Crippen LogP contribution in [0.1, 0.15) is 21.5 Å². The highest BCUT2D eigenvalue weighted by molar-refractivity contribution is 5.97. The number of nitrogens with one attached hydrogen (secondary N) is 2. The molecule has 0 unspecified atom stereocenters. The van der Waals surface area contributed by atoms with Gasteiger partial charge in [0.05, 0.1) is 0 Å². The first-order chi connectivity index (χ1) is 13.2. The molecule has 0 saturated heterocycles. The third kappa shape index (κ3) is 5.51. The lowest BCUT2D eigenvalue weighted by Gasteiger charge is -2.19. The summed E-state index contributed by atoms with van der Waals surface area (Å²) in [5, 5.41) is 5.73. The van der Waals surface area contributed by atoms with Gasteiger partial charge in [-0.15, -0.1) is 0 Å². The van der Waals surface area contributed by atoms with Gasteiger partial charge in [-0.25, -0.2) is 0 Å². The number of aromatic nitrogens is 1. The third-order valence-corrected chi connectivity index (χ3v) is 4.13. The average molecular weight is 359 g/mol. The molecule has 0 aliphatic rings. The maximum Gasteiger partial charge on any atom is 0.251 e.